The number of nitrogens with zero attached hydrogens (tertiary/aromatic N) is 2. The van der Waals surface area contributed by atoms with Crippen molar-refractivity contribution in [1.29, 1.82) is 0 Å². The number of thiophene rings is 1. The molecule has 0 saturated heterocycles. The molecule has 0 spiro atoms. The van der Waals surface area contributed by atoms with Crippen LogP contribution in [0.25, 0.3) is 10.2 Å². The van der Waals surface area contributed by atoms with Crippen LogP contribution in [-0.2, 0) is 17.7 Å². The fourth-order valence-electron chi connectivity index (χ4n) is 3.76. The molecule has 0 bridgehead atoms. The average molecular weight is 410 g/mol. The molecule has 1 aliphatic rings. The number of carbonyl (C=O) groups is 2. The Balaban J connectivity index is 1.63. The van der Waals surface area contributed by atoms with Crippen molar-refractivity contribution in [3.63, 3.8) is 0 Å². The number of ketones is 1. The molecular formula is C22H22N2O4S. The van der Waals surface area contributed by atoms with Crippen LogP contribution in [0.5, 0.6) is 0 Å². The lowest BCUT2D eigenvalue weighted by Gasteiger charge is -2.14. The topological polar surface area (TPSA) is 78.3 Å². The van der Waals surface area contributed by atoms with E-state index in [4.69, 9.17) is 4.74 Å². The van der Waals surface area contributed by atoms with Gasteiger partial charge in [0.05, 0.1) is 5.39 Å². The summed E-state index contributed by atoms with van der Waals surface area (Å²) in [7, 11) is 0. The Morgan fingerprint density at radius 3 is 2.76 bits per heavy atom. The number of hydrogen-bond acceptors (Lipinski definition) is 6. The van der Waals surface area contributed by atoms with Crippen LogP contribution in [0.15, 0.2) is 23.0 Å². The number of rotatable bonds is 4. The van der Waals surface area contributed by atoms with Crippen LogP contribution in [0.1, 0.15) is 55.9 Å². The molecule has 3 aromatic rings. The van der Waals surface area contributed by atoms with Gasteiger partial charge in [0.2, 0.25) is 5.78 Å². The largest absolute Gasteiger partial charge is 0.450 e. The minimum absolute atomic E-state index is 0.102. The zero-order valence-electron chi connectivity index (χ0n) is 16.9. The third-order valence-corrected chi connectivity index (χ3v) is 6.57. The summed E-state index contributed by atoms with van der Waals surface area (Å²) in [6.45, 7) is 7.74. The van der Waals surface area contributed by atoms with Crippen LogP contribution < -0.4 is 5.56 Å². The first kappa shape index (κ1) is 19.5. The smallest absolute Gasteiger partial charge is 0.349 e. The molecule has 1 aromatic carbocycles. The Kier molecular flexibility index (Phi) is 4.86. The molecule has 0 saturated carbocycles. The third kappa shape index (κ3) is 3.29. The van der Waals surface area contributed by atoms with Crippen molar-refractivity contribution in [3.8, 4) is 0 Å². The van der Waals surface area contributed by atoms with Crippen molar-refractivity contribution in [1.82, 2.24) is 9.55 Å². The number of ether oxygens (including phenoxy) is 1. The van der Waals surface area contributed by atoms with Crippen molar-refractivity contribution >= 4 is 33.3 Å². The third-order valence-electron chi connectivity index (χ3n) is 5.41. The molecule has 0 fully saturated rings. The highest BCUT2D eigenvalue weighted by Crippen LogP contribution is 2.29. The van der Waals surface area contributed by atoms with Gasteiger partial charge in [-0.15, -0.1) is 11.3 Å². The molecule has 1 aliphatic heterocycles. The first-order valence-corrected chi connectivity index (χ1v) is 10.4. The molecule has 2 aromatic heterocycles. The van der Waals surface area contributed by atoms with Gasteiger partial charge in [-0.05, 0) is 51.3 Å². The summed E-state index contributed by atoms with van der Waals surface area (Å²) in [5.41, 5.74) is 2.83. The predicted molar refractivity (Wildman–Crippen MR) is 112 cm³/mol. The molecule has 150 valence electrons. The molecule has 4 rings (SSSR count). The Morgan fingerprint density at radius 1 is 1.24 bits per heavy atom. The van der Waals surface area contributed by atoms with E-state index >= 15 is 0 Å². The van der Waals surface area contributed by atoms with E-state index in [1.54, 1.807) is 24.5 Å². The van der Waals surface area contributed by atoms with Gasteiger partial charge in [-0.3, -0.25) is 14.2 Å². The maximum absolute atomic E-state index is 12.8. The number of fused-ring (bicyclic) bond motifs is 2. The Labute approximate surface area is 172 Å². The maximum atomic E-state index is 12.8. The number of benzene rings is 1. The molecule has 0 radical (unpaired) electrons. The molecule has 0 N–H and O–H groups in total. The standard InChI is InChI=1S/C22H22N2O4S/c1-11-7-8-12(2)15(10-11)18(25)14(4)28-22(27)19-13(3)17-20(29-19)23-16-6-5-9-24(16)21(17)26/h7-8,10,14H,5-6,9H2,1-4H3/t14-/m1/s1. The van der Waals surface area contributed by atoms with Gasteiger partial charge in [-0.25, -0.2) is 9.78 Å². The summed E-state index contributed by atoms with van der Waals surface area (Å²) in [5.74, 6) is -0.0705. The van der Waals surface area contributed by atoms with E-state index in [2.05, 4.69) is 4.98 Å². The van der Waals surface area contributed by atoms with E-state index < -0.39 is 12.1 Å². The van der Waals surface area contributed by atoms with Gasteiger partial charge in [0.1, 0.15) is 15.5 Å². The highest BCUT2D eigenvalue weighted by Gasteiger charge is 2.27. The van der Waals surface area contributed by atoms with Crippen molar-refractivity contribution in [3.05, 3.63) is 61.5 Å². The van der Waals surface area contributed by atoms with E-state index in [0.717, 1.165) is 41.1 Å². The number of carbonyl (C=O) groups excluding carboxylic acids is 2. The van der Waals surface area contributed by atoms with E-state index in [9.17, 15) is 14.4 Å². The SMILES string of the molecule is Cc1ccc(C)c(C(=O)[C@@H](C)OC(=O)c2sc3nc4n(c(=O)c3c2C)CCC4)c1. The second-order valence-corrected chi connectivity index (χ2v) is 8.55. The van der Waals surface area contributed by atoms with Crippen molar-refractivity contribution in [2.45, 2.75) is 53.2 Å². The second kappa shape index (κ2) is 7.22. The summed E-state index contributed by atoms with van der Waals surface area (Å²) in [5, 5.41) is 0.473. The lowest BCUT2D eigenvalue weighted by Crippen LogP contribution is -2.25. The summed E-state index contributed by atoms with van der Waals surface area (Å²) in [6.07, 6.45) is 0.751. The maximum Gasteiger partial charge on any atom is 0.349 e. The molecule has 0 amide bonds. The molecule has 0 unspecified atom stereocenters. The average Bonchev–Trinajstić information content (AvgIpc) is 3.28. The van der Waals surface area contributed by atoms with Crippen LogP contribution in [0.4, 0.5) is 0 Å². The molecule has 7 heteroatoms. The number of aryl methyl sites for hydroxylation is 4. The first-order valence-electron chi connectivity index (χ1n) is 9.63. The van der Waals surface area contributed by atoms with Crippen LogP contribution in [0.2, 0.25) is 0 Å². The summed E-state index contributed by atoms with van der Waals surface area (Å²) in [4.78, 5) is 43.8. The Hall–Kier alpha value is -2.80. The predicted octanol–water partition coefficient (Wildman–Crippen LogP) is 3.76. The molecule has 29 heavy (non-hydrogen) atoms. The Bertz CT molecular complexity index is 1220. The fraction of sp³-hybridized carbons (Fsp3) is 0.364. The highest BCUT2D eigenvalue weighted by atomic mass is 32.1. The quantitative estimate of drug-likeness (QED) is 0.483. The molecule has 6 nitrogen and oxygen atoms in total. The number of aromatic nitrogens is 2. The molecule has 3 heterocycles. The van der Waals surface area contributed by atoms with Gasteiger partial charge < -0.3 is 4.74 Å². The van der Waals surface area contributed by atoms with Gasteiger partial charge in [0.25, 0.3) is 5.56 Å². The second-order valence-electron chi connectivity index (χ2n) is 7.55. The summed E-state index contributed by atoms with van der Waals surface area (Å²) in [6, 6.07) is 5.62. The lowest BCUT2D eigenvalue weighted by atomic mass is 9.99. The number of esters is 1. The monoisotopic (exact) mass is 410 g/mol. The fourth-order valence-corrected chi connectivity index (χ4v) is 4.83. The lowest BCUT2D eigenvalue weighted by molar-refractivity contribution is 0.0322. The van der Waals surface area contributed by atoms with E-state index in [1.807, 2.05) is 26.0 Å². The van der Waals surface area contributed by atoms with Gasteiger partial charge in [0, 0.05) is 18.5 Å². The molecule has 1 atom stereocenters. The van der Waals surface area contributed by atoms with Gasteiger partial charge in [-0.1, -0.05) is 17.7 Å². The number of hydrogen-bond donors (Lipinski definition) is 0. The van der Waals surface area contributed by atoms with Crippen molar-refractivity contribution in [2.24, 2.45) is 0 Å². The van der Waals surface area contributed by atoms with Crippen LogP contribution >= 0.6 is 11.3 Å². The van der Waals surface area contributed by atoms with Gasteiger partial charge >= 0.3 is 5.97 Å². The molecular weight excluding hydrogens is 388 g/mol. The number of Topliss-reactive ketones (excluding diaryl/α,β-unsaturated/α-hetero) is 1. The normalized spacial score (nSPS) is 14.1. The van der Waals surface area contributed by atoms with Gasteiger partial charge in [0.15, 0.2) is 6.10 Å². The van der Waals surface area contributed by atoms with Crippen molar-refractivity contribution in [2.75, 3.05) is 0 Å². The van der Waals surface area contributed by atoms with Gasteiger partial charge in [-0.2, -0.15) is 0 Å². The highest BCUT2D eigenvalue weighted by molar-refractivity contribution is 7.20. The van der Waals surface area contributed by atoms with E-state index in [0.29, 0.717) is 32.8 Å². The van der Waals surface area contributed by atoms with Crippen LogP contribution in [0.3, 0.4) is 0 Å². The zero-order valence-corrected chi connectivity index (χ0v) is 17.7. The first-order chi connectivity index (χ1) is 13.8. The van der Waals surface area contributed by atoms with Crippen LogP contribution in [-0.4, -0.2) is 27.4 Å². The van der Waals surface area contributed by atoms with Crippen molar-refractivity contribution < 1.29 is 14.3 Å². The zero-order chi connectivity index (χ0) is 20.9. The summed E-state index contributed by atoms with van der Waals surface area (Å²) < 4.78 is 7.17. The van der Waals surface area contributed by atoms with Crippen LogP contribution in [0, 0.1) is 20.8 Å². The molecule has 0 aliphatic carbocycles. The summed E-state index contributed by atoms with van der Waals surface area (Å²) >= 11 is 1.16. The Morgan fingerprint density at radius 2 is 2.00 bits per heavy atom. The minimum atomic E-state index is -0.924. The van der Waals surface area contributed by atoms with E-state index in [-0.39, 0.29) is 11.3 Å². The van der Waals surface area contributed by atoms with E-state index in [1.165, 1.54) is 0 Å². The minimum Gasteiger partial charge on any atom is -0.450 e.